The largest absolute Gasteiger partial charge is 0.297 e. The van der Waals surface area contributed by atoms with E-state index in [1.807, 2.05) is 13.1 Å². The Bertz CT molecular complexity index is 805. The first-order valence-corrected chi connectivity index (χ1v) is 8.38. The Morgan fingerprint density at radius 3 is 2.74 bits per heavy atom. The second kappa shape index (κ2) is 6.60. The molecule has 6 heteroatoms. The zero-order chi connectivity index (χ0) is 16.4. The first-order chi connectivity index (χ1) is 11.0. The van der Waals surface area contributed by atoms with Crippen molar-refractivity contribution < 1.29 is 0 Å². The summed E-state index contributed by atoms with van der Waals surface area (Å²) in [6.45, 7) is 7.93. The lowest BCUT2D eigenvalue weighted by atomic mass is 10.0. The molecule has 1 N–H and O–H groups in total. The molecule has 2 heterocycles. The van der Waals surface area contributed by atoms with Crippen LogP contribution in [-0.4, -0.2) is 31.7 Å². The SMILES string of the molecule is Cc1ccc(C)c(-c2[nH]ncc2CN(C)Cc2snnc2C)c1. The van der Waals surface area contributed by atoms with Crippen LogP contribution in [0.2, 0.25) is 0 Å². The molecular weight excluding hydrogens is 306 g/mol. The maximum atomic E-state index is 4.26. The Labute approximate surface area is 140 Å². The van der Waals surface area contributed by atoms with E-state index in [1.54, 1.807) is 0 Å². The number of aryl methyl sites for hydroxylation is 3. The van der Waals surface area contributed by atoms with Crippen molar-refractivity contribution in [3.05, 3.63) is 51.7 Å². The van der Waals surface area contributed by atoms with Gasteiger partial charge in [-0.05, 0) is 51.0 Å². The lowest BCUT2D eigenvalue weighted by Crippen LogP contribution is -2.17. The van der Waals surface area contributed by atoms with Crippen LogP contribution in [0.25, 0.3) is 11.3 Å². The molecule has 3 aromatic rings. The second-order valence-corrected chi connectivity index (χ2v) is 6.88. The number of nitrogens with one attached hydrogen (secondary N) is 1. The summed E-state index contributed by atoms with van der Waals surface area (Å²) in [5.41, 5.74) is 7.07. The zero-order valence-electron chi connectivity index (χ0n) is 13.9. The van der Waals surface area contributed by atoms with Crippen molar-refractivity contribution in [3.8, 4) is 11.3 Å². The fraction of sp³-hybridized carbons (Fsp3) is 0.353. The quantitative estimate of drug-likeness (QED) is 0.779. The molecule has 5 nitrogen and oxygen atoms in total. The zero-order valence-corrected chi connectivity index (χ0v) is 14.7. The highest BCUT2D eigenvalue weighted by molar-refractivity contribution is 7.05. The van der Waals surface area contributed by atoms with Crippen molar-refractivity contribution in [2.24, 2.45) is 0 Å². The summed E-state index contributed by atoms with van der Waals surface area (Å²) < 4.78 is 4.00. The third-order valence-corrected chi connectivity index (χ3v) is 4.79. The van der Waals surface area contributed by atoms with Gasteiger partial charge in [0.25, 0.3) is 0 Å². The summed E-state index contributed by atoms with van der Waals surface area (Å²) in [5, 5.41) is 11.5. The van der Waals surface area contributed by atoms with Gasteiger partial charge < -0.3 is 0 Å². The summed E-state index contributed by atoms with van der Waals surface area (Å²) in [6.07, 6.45) is 1.92. The van der Waals surface area contributed by atoms with Gasteiger partial charge in [-0.25, -0.2) is 0 Å². The topological polar surface area (TPSA) is 57.7 Å². The van der Waals surface area contributed by atoms with Gasteiger partial charge in [0.15, 0.2) is 0 Å². The first kappa shape index (κ1) is 15.8. The molecule has 0 amide bonds. The van der Waals surface area contributed by atoms with Crippen molar-refractivity contribution in [3.63, 3.8) is 0 Å². The van der Waals surface area contributed by atoms with E-state index in [1.165, 1.54) is 38.7 Å². The number of nitrogens with zero attached hydrogens (tertiary/aromatic N) is 4. The Morgan fingerprint density at radius 2 is 2.00 bits per heavy atom. The molecule has 0 aliphatic heterocycles. The third kappa shape index (κ3) is 3.48. The number of hydrogen-bond acceptors (Lipinski definition) is 5. The average molecular weight is 327 g/mol. The summed E-state index contributed by atoms with van der Waals surface area (Å²) in [5.74, 6) is 0. The molecule has 0 unspecified atom stereocenters. The number of benzene rings is 1. The molecule has 0 spiro atoms. The monoisotopic (exact) mass is 327 g/mol. The first-order valence-electron chi connectivity index (χ1n) is 7.61. The van der Waals surface area contributed by atoms with Gasteiger partial charge in [-0.2, -0.15) is 5.10 Å². The van der Waals surface area contributed by atoms with Crippen molar-refractivity contribution >= 4 is 11.5 Å². The standard InChI is InChI=1S/C17H21N5S/c1-11-5-6-12(2)15(7-11)17-14(8-18-20-17)9-22(4)10-16-13(3)19-21-23-16/h5-8H,9-10H2,1-4H3,(H,18,20). The molecule has 0 fully saturated rings. The smallest absolute Gasteiger partial charge is 0.0769 e. The summed E-state index contributed by atoms with van der Waals surface area (Å²) in [4.78, 5) is 3.48. The summed E-state index contributed by atoms with van der Waals surface area (Å²) in [6, 6.07) is 6.51. The van der Waals surface area contributed by atoms with Gasteiger partial charge >= 0.3 is 0 Å². The molecule has 1 aromatic carbocycles. The molecule has 0 radical (unpaired) electrons. The number of H-pyrrole nitrogens is 1. The molecule has 0 bridgehead atoms. The third-order valence-electron chi connectivity index (χ3n) is 3.98. The lowest BCUT2D eigenvalue weighted by molar-refractivity contribution is 0.321. The van der Waals surface area contributed by atoms with Crippen LogP contribution in [0.15, 0.2) is 24.4 Å². The Kier molecular flexibility index (Phi) is 4.54. The van der Waals surface area contributed by atoms with Gasteiger partial charge in [-0.1, -0.05) is 22.2 Å². The van der Waals surface area contributed by atoms with Gasteiger partial charge in [-0.15, -0.1) is 5.10 Å². The van der Waals surface area contributed by atoms with E-state index >= 15 is 0 Å². The molecule has 120 valence electrons. The second-order valence-electron chi connectivity index (χ2n) is 6.04. The van der Waals surface area contributed by atoms with Crippen molar-refractivity contribution in [1.29, 1.82) is 0 Å². The predicted octanol–water partition coefficient (Wildman–Crippen LogP) is 3.49. The maximum Gasteiger partial charge on any atom is 0.0769 e. The molecule has 3 rings (SSSR count). The average Bonchev–Trinajstić information content (AvgIpc) is 3.11. The van der Waals surface area contributed by atoms with Crippen LogP contribution < -0.4 is 0 Å². The molecule has 0 saturated heterocycles. The minimum Gasteiger partial charge on any atom is -0.297 e. The molecule has 2 aromatic heterocycles. The van der Waals surface area contributed by atoms with Crippen LogP contribution in [0.1, 0.15) is 27.3 Å². The van der Waals surface area contributed by atoms with Crippen LogP contribution in [0.3, 0.4) is 0 Å². The minimum atomic E-state index is 0.830. The maximum absolute atomic E-state index is 4.26. The van der Waals surface area contributed by atoms with E-state index in [-0.39, 0.29) is 0 Å². The summed E-state index contributed by atoms with van der Waals surface area (Å²) >= 11 is 1.47. The van der Waals surface area contributed by atoms with E-state index < -0.39 is 0 Å². The van der Waals surface area contributed by atoms with Gasteiger partial charge in [0.2, 0.25) is 0 Å². The van der Waals surface area contributed by atoms with Crippen LogP contribution in [-0.2, 0) is 13.1 Å². The molecule has 0 atom stereocenters. The van der Waals surface area contributed by atoms with Crippen LogP contribution >= 0.6 is 11.5 Å². The van der Waals surface area contributed by atoms with E-state index in [0.29, 0.717) is 0 Å². The normalized spacial score (nSPS) is 11.3. The van der Waals surface area contributed by atoms with Crippen molar-refractivity contribution in [2.45, 2.75) is 33.9 Å². The van der Waals surface area contributed by atoms with E-state index in [4.69, 9.17) is 0 Å². The van der Waals surface area contributed by atoms with Crippen LogP contribution in [0.5, 0.6) is 0 Å². The van der Waals surface area contributed by atoms with Crippen molar-refractivity contribution in [1.82, 2.24) is 24.7 Å². The van der Waals surface area contributed by atoms with Gasteiger partial charge in [0.05, 0.1) is 22.5 Å². The molecular formula is C17H21N5S. The predicted molar refractivity (Wildman–Crippen MR) is 93.3 cm³/mol. The Balaban J connectivity index is 1.81. The Morgan fingerprint density at radius 1 is 1.17 bits per heavy atom. The molecule has 23 heavy (non-hydrogen) atoms. The highest BCUT2D eigenvalue weighted by atomic mass is 32.1. The molecule has 0 aliphatic carbocycles. The van der Waals surface area contributed by atoms with Gasteiger partial charge in [0.1, 0.15) is 0 Å². The van der Waals surface area contributed by atoms with E-state index in [9.17, 15) is 0 Å². The Hall–Kier alpha value is -2.05. The van der Waals surface area contributed by atoms with E-state index in [2.05, 4.69) is 63.8 Å². The van der Waals surface area contributed by atoms with Gasteiger partial charge in [-0.3, -0.25) is 10.00 Å². The van der Waals surface area contributed by atoms with Crippen LogP contribution in [0, 0.1) is 20.8 Å². The molecule has 0 saturated carbocycles. The fourth-order valence-corrected chi connectivity index (χ4v) is 3.37. The fourth-order valence-electron chi connectivity index (χ4n) is 2.66. The number of hydrogen-bond donors (Lipinski definition) is 1. The van der Waals surface area contributed by atoms with Gasteiger partial charge in [0, 0.05) is 24.2 Å². The number of aromatic amines is 1. The number of aromatic nitrogens is 4. The highest BCUT2D eigenvalue weighted by Crippen LogP contribution is 2.27. The highest BCUT2D eigenvalue weighted by Gasteiger charge is 2.14. The summed E-state index contributed by atoms with van der Waals surface area (Å²) in [7, 11) is 2.11. The number of rotatable bonds is 5. The molecule has 0 aliphatic rings. The minimum absolute atomic E-state index is 0.830. The van der Waals surface area contributed by atoms with Crippen molar-refractivity contribution in [2.75, 3.05) is 7.05 Å². The van der Waals surface area contributed by atoms with Crippen LogP contribution in [0.4, 0.5) is 0 Å². The lowest BCUT2D eigenvalue weighted by Gasteiger charge is -2.16. The van der Waals surface area contributed by atoms with E-state index in [0.717, 1.165) is 24.5 Å².